The third-order valence-electron chi connectivity index (χ3n) is 2.03. The molecule has 70 valence electrons. The van der Waals surface area contributed by atoms with Crippen molar-refractivity contribution in [2.24, 2.45) is 10.9 Å². The van der Waals surface area contributed by atoms with E-state index in [9.17, 15) is 0 Å². The summed E-state index contributed by atoms with van der Waals surface area (Å²) in [4.78, 5) is 4.47. The van der Waals surface area contributed by atoms with Crippen molar-refractivity contribution in [2.45, 2.75) is 33.2 Å². The van der Waals surface area contributed by atoms with Crippen molar-refractivity contribution in [3.05, 3.63) is 0 Å². The van der Waals surface area contributed by atoms with Gasteiger partial charge in [-0.15, -0.1) is 0 Å². The van der Waals surface area contributed by atoms with Crippen LogP contribution in [0.4, 0.5) is 0 Å². The molecule has 0 aromatic rings. The van der Waals surface area contributed by atoms with Gasteiger partial charge in [-0.25, -0.2) is 0 Å². The second-order valence-corrected chi connectivity index (χ2v) is 4.52. The molecular weight excluding hydrogens is 168 g/mol. The van der Waals surface area contributed by atoms with Crippen LogP contribution in [0.25, 0.3) is 0 Å². The van der Waals surface area contributed by atoms with Crippen LogP contribution >= 0.6 is 11.8 Å². The monoisotopic (exact) mass is 186 g/mol. The summed E-state index contributed by atoms with van der Waals surface area (Å²) in [5.74, 6) is 1.96. The first-order valence-electron chi connectivity index (χ1n) is 4.66. The van der Waals surface area contributed by atoms with Gasteiger partial charge in [0, 0.05) is 18.3 Å². The third-order valence-corrected chi connectivity index (χ3v) is 3.29. The van der Waals surface area contributed by atoms with Crippen LogP contribution in [0, 0.1) is 5.92 Å². The number of hydrogen-bond donors (Lipinski definition) is 1. The summed E-state index contributed by atoms with van der Waals surface area (Å²) in [6.07, 6.45) is 1.16. The highest BCUT2D eigenvalue weighted by molar-refractivity contribution is 8.13. The van der Waals surface area contributed by atoms with Crippen molar-refractivity contribution in [3.8, 4) is 0 Å². The summed E-state index contributed by atoms with van der Waals surface area (Å²) in [6, 6.07) is 0.560. The summed E-state index contributed by atoms with van der Waals surface area (Å²) in [5, 5.41) is 4.54. The highest BCUT2D eigenvalue weighted by Gasteiger charge is 2.12. The van der Waals surface area contributed by atoms with E-state index in [0.29, 0.717) is 6.04 Å². The van der Waals surface area contributed by atoms with Gasteiger partial charge in [-0.05, 0) is 19.3 Å². The number of rotatable bonds is 2. The molecule has 1 N–H and O–H groups in total. The second-order valence-electron chi connectivity index (χ2n) is 3.52. The van der Waals surface area contributed by atoms with Crippen molar-refractivity contribution in [1.82, 2.24) is 5.32 Å². The molecule has 0 spiro atoms. The molecule has 0 bridgehead atoms. The average Bonchev–Trinajstić information content (AvgIpc) is 2.09. The fourth-order valence-corrected chi connectivity index (χ4v) is 1.96. The van der Waals surface area contributed by atoms with E-state index in [0.717, 1.165) is 24.1 Å². The molecule has 2 nitrogen and oxygen atoms in total. The molecule has 12 heavy (non-hydrogen) atoms. The number of nitrogens with one attached hydrogen (secondary N) is 1. The SMILES string of the molecule is CCC(C)NC1=NCC(C)CS1. The van der Waals surface area contributed by atoms with Crippen LogP contribution in [0.3, 0.4) is 0 Å². The van der Waals surface area contributed by atoms with Crippen LogP contribution in [0.1, 0.15) is 27.2 Å². The van der Waals surface area contributed by atoms with Crippen molar-refractivity contribution < 1.29 is 0 Å². The fraction of sp³-hybridized carbons (Fsp3) is 0.889. The molecule has 1 aliphatic rings. The van der Waals surface area contributed by atoms with Crippen LogP contribution in [-0.2, 0) is 0 Å². The Morgan fingerprint density at radius 2 is 2.50 bits per heavy atom. The number of aliphatic imine (C=N–C) groups is 1. The molecule has 1 rings (SSSR count). The minimum absolute atomic E-state index is 0.560. The van der Waals surface area contributed by atoms with E-state index >= 15 is 0 Å². The highest BCUT2D eigenvalue weighted by atomic mass is 32.2. The molecule has 0 radical (unpaired) electrons. The van der Waals surface area contributed by atoms with Crippen molar-refractivity contribution in [1.29, 1.82) is 0 Å². The van der Waals surface area contributed by atoms with Crippen LogP contribution in [0.15, 0.2) is 4.99 Å². The molecule has 2 unspecified atom stereocenters. The van der Waals surface area contributed by atoms with E-state index in [1.54, 1.807) is 0 Å². The molecule has 1 aliphatic heterocycles. The van der Waals surface area contributed by atoms with Gasteiger partial charge in [0.25, 0.3) is 0 Å². The minimum atomic E-state index is 0.560. The van der Waals surface area contributed by atoms with E-state index in [-0.39, 0.29) is 0 Å². The van der Waals surface area contributed by atoms with Gasteiger partial charge in [-0.3, -0.25) is 4.99 Å². The Labute approximate surface area is 79.2 Å². The Hall–Kier alpha value is -0.180. The van der Waals surface area contributed by atoms with Gasteiger partial charge in [-0.1, -0.05) is 25.6 Å². The average molecular weight is 186 g/mol. The first kappa shape index (κ1) is 9.90. The molecule has 0 fully saturated rings. The van der Waals surface area contributed by atoms with E-state index in [4.69, 9.17) is 0 Å². The maximum absolute atomic E-state index is 4.47. The van der Waals surface area contributed by atoms with Gasteiger partial charge in [0.1, 0.15) is 0 Å². The fourth-order valence-electron chi connectivity index (χ4n) is 0.958. The molecule has 1 heterocycles. The first-order chi connectivity index (χ1) is 5.72. The third kappa shape index (κ3) is 3.05. The lowest BCUT2D eigenvalue weighted by Crippen LogP contribution is -2.32. The number of nitrogens with zero attached hydrogens (tertiary/aromatic N) is 1. The summed E-state index contributed by atoms with van der Waals surface area (Å²) in [6.45, 7) is 7.62. The quantitative estimate of drug-likeness (QED) is 0.714. The number of thioether (sulfide) groups is 1. The van der Waals surface area contributed by atoms with Gasteiger partial charge in [-0.2, -0.15) is 0 Å². The summed E-state index contributed by atoms with van der Waals surface area (Å²) in [7, 11) is 0. The normalized spacial score (nSPS) is 26.2. The Kier molecular flexibility index (Phi) is 3.92. The minimum Gasteiger partial charge on any atom is -0.362 e. The molecule has 0 aliphatic carbocycles. The maximum atomic E-state index is 4.47. The molecule has 2 atom stereocenters. The maximum Gasteiger partial charge on any atom is 0.156 e. The van der Waals surface area contributed by atoms with Gasteiger partial charge in [0.15, 0.2) is 5.17 Å². The summed E-state index contributed by atoms with van der Waals surface area (Å²) >= 11 is 1.85. The Morgan fingerprint density at radius 1 is 1.75 bits per heavy atom. The topological polar surface area (TPSA) is 24.4 Å². The molecular formula is C9H18N2S. The van der Waals surface area contributed by atoms with Crippen LogP contribution in [0.5, 0.6) is 0 Å². The highest BCUT2D eigenvalue weighted by Crippen LogP contribution is 2.15. The zero-order valence-electron chi connectivity index (χ0n) is 8.13. The first-order valence-corrected chi connectivity index (χ1v) is 5.64. The summed E-state index contributed by atoms with van der Waals surface area (Å²) in [5.41, 5.74) is 0. The van der Waals surface area contributed by atoms with Crippen LogP contribution in [-0.4, -0.2) is 23.5 Å². The standard InChI is InChI=1S/C9H18N2S/c1-4-8(3)11-9-10-5-7(2)6-12-9/h7-8H,4-6H2,1-3H3,(H,10,11). The van der Waals surface area contributed by atoms with E-state index in [2.05, 4.69) is 31.1 Å². The number of amidine groups is 1. The second kappa shape index (κ2) is 4.75. The predicted octanol–water partition coefficient (Wildman–Crippen LogP) is 2.11. The Bertz CT molecular complexity index is 168. The smallest absolute Gasteiger partial charge is 0.156 e. The van der Waals surface area contributed by atoms with E-state index < -0.39 is 0 Å². The van der Waals surface area contributed by atoms with Gasteiger partial charge in [0.05, 0.1) is 0 Å². The van der Waals surface area contributed by atoms with Crippen LogP contribution in [0.2, 0.25) is 0 Å². The van der Waals surface area contributed by atoms with Gasteiger partial charge < -0.3 is 5.32 Å². The molecule has 0 aromatic carbocycles. The zero-order chi connectivity index (χ0) is 8.97. The molecule has 0 aromatic heterocycles. The zero-order valence-corrected chi connectivity index (χ0v) is 8.95. The lowest BCUT2D eigenvalue weighted by atomic mass is 10.2. The lowest BCUT2D eigenvalue weighted by Gasteiger charge is -2.20. The van der Waals surface area contributed by atoms with Gasteiger partial charge in [0.2, 0.25) is 0 Å². The largest absolute Gasteiger partial charge is 0.362 e. The molecule has 0 saturated carbocycles. The van der Waals surface area contributed by atoms with Crippen LogP contribution < -0.4 is 5.32 Å². The van der Waals surface area contributed by atoms with E-state index in [1.165, 1.54) is 5.75 Å². The molecule has 3 heteroatoms. The van der Waals surface area contributed by atoms with E-state index in [1.807, 2.05) is 11.8 Å². The van der Waals surface area contributed by atoms with Crippen molar-refractivity contribution >= 4 is 16.9 Å². The predicted molar refractivity (Wildman–Crippen MR) is 56.8 cm³/mol. The molecule has 0 saturated heterocycles. The van der Waals surface area contributed by atoms with Gasteiger partial charge >= 0.3 is 0 Å². The van der Waals surface area contributed by atoms with Crippen molar-refractivity contribution in [3.63, 3.8) is 0 Å². The Morgan fingerprint density at radius 3 is 3.00 bits per heavy atom. The molecule has 0 amide bonds. The number of hydrogen-bond acceptors (Lipinski definition) is 3. The van der Waals surface area contributed by atoms with Crippen molar-refractivity contribution in [2.75, 3.05) is 12.3 Å². The lowest BCUT2D eigenvalue weighted by molar-refractivity contribution is 0.630. The summed E-state index contributed by atoms with van der Waals surface area (Å²) < 4.78 is 0. The Balaban J connectivity index is 2.33.